The highest BCUT2D eigenvalue weighted by atomic mass is 32.2. The van der Waals surface area contributed by atoms with Crippen molar-refractivity contribution in [1.29, 1.82) is 5.41 Å². The van der Waals surface area contributed by atoms with Gasteiger partial charge in [0, 0.05) is 51.3 Å². The molecule has 0 bridgehead atoms. The molecule has 1 aromatic heterocycles. The summed E-state index contributed by atoms with van der Waals surface area (Å²) in [5.74, 6) is -27.2. The Balaban J connectivity index is 3.91. The van der Waals surface area contributed by atoms with Gasteiger partial charge >= 0.3 is 17.9 Å². The van der Waals surface area contributed by atoms with Crippen LogP contribution in [0.15, 0.2) is 12.5 Å². The molecule has 748 valence electrons. The molecule has 52 nitrogen and oxygen atoms in total. The van der Waals surface area contributed by atoms with E-state index in [-0.39, 0.29) is 108 Å². The monoisotopic (exact) mass is 1910 g/mol. The molecule has 38 N–H and O–H groups in total. The van der Waals surface area contributed by atoms with E-state index in [4.69, 9.17) is 62.1 Å². The van der Waals surface area contributed by atoms with E-state index in [1.54, 1.807) is 40.9 Å². The Hall–Kier alpha value is -12.9. The smallest absolute Gasteiger partial charge is 0.326 e. The summed E-state index contributed by atoms with van der Waals surface area (Å²) in [5, 5.41) is 73.1. The second-order valence-electron chi connectivity index (χ2n) is 32.4. The number of aromatic nitrogens is 2. The van der Waals surface area contributed by atoms with Gasteiger partial charge < -0.3 is 152 Å². The molecule has 0 unspecified atom stereocenters. The number of hydrogen-bond acceptors (Lipinski definition) is 28. The molecule has 0 fully saturated rings. The third-order valence-electron chi connectivity index (χ3n) is 20.8. The van der Waals surface area contributed by atoms with Crippen molar-refractivity contribution in [2.75, 3.05) is 31.6 Å². The Labute approximate surface area is 772 Å². The van der Waals surface area contributed by atoms with Gasteiger partial charge in [0.1, 0.15) is 84.6 Å². The SMILES string of the molecule is CC[C@H](C)[C@H](NC(=O)[C@H](Cc1c[nH]cn1)NC(=O)[C@H](CC(N)=O)NC(=O)[C@H](CCC(N)=O)NC(=O)[C@@H](NC(=O)[C@H](CCCCN)NC(=O)[C@H](CCCNC(=N)N)NC(=O)[C@H](CC(C)C)NC(=O)[C@H](CCCCN)NC(=O)[C@H](CC(N)=O)NC(=O)[C@H](CCSC)NC(=O)[C@H](CCC(N)=O)NC(=O)[C@H](CCC(=O)O)NC(=O)[C@@H](N)CCC(=O)O)[C@@H](C)CC)C(=O)N[C@@H](CCC(N)=O)C(=O)O. The van der Waals surface area contributed by atoms with Crippen LogP contribution in [-0.2, 0) is 112 Å². The highest BCUT2D eigenvalue weighted by molar-refractivity contribution is 7.98. The molecule has 19 amide bonds. The third-order valence-corrected chi connectivity index (χ3v) is 21.5. The van der Waals surface area contributed by atoms with E-state index in [9.17, 15) is 116 Å². The minimum Gasteiger partial charge on any atom is -0.481 e. The van der Waals surface area contributed by atoms with Gasteiger partial charge in [-0.05, 0) is 139 Å². The first-order valence-corrected chi connectivity index (χ1v) is 45.0. The van der Waals surface area contributed by atoms with Crippen molar-refractivity contribution in [1.82, 2.24) is 89.7 Å². The van der Waals surface area contributed by atoms with Crippen LogP contribution < -0.4 is 131 Å². The van der Waals surface area contributed by atoms with Gasteiger partial charge in [0.05, 0.1) is 30.9 Å². The Morgan fingerprint density at radius 2 is 0.699 bits per heavy atom. The van der Waals surface area contributed by atoms with E-state index >= 15 is 0 Å². The summed E-state index contributed by atoms with van der Waals surface area (Å²) >= 11 is 1.18. The lowest BCUT2D eigenvalue weighted by Crippen LogP contribution is -2.62. The van der Waals surface area contributed by atoms with E-state index in [0.717, 1.165) is 0 Å². The summed E-state index contributed by atoms with van der Waals surface area (Å²) in [4.78, 5) is 304. The lowest BCUT2D eigenvalue weighted by Gasteiger charge is -2.30. The number of nitrogens with one attached hydrogen (secondary N) is 17. The maximum Gasteiger partial charge on any atom is 0.326 e. The number of nitrogens with zero attached hydrogens (tertiary/aromatic N) is 1. The van der Waals surface area contributed by atoms with E-state index in [1.165, 1.54) is 31.2 Å². The molecule has 0 aromatic carbocycles. The van der Waals surface area contributed by atoms with Crippen LogP contribution >= 0.6 is 11.8 Å². The summed E-state index contributed by atoms with van der Waals surface area (Å²) in [6, 6.07) is -25.1. The average molecular weight is 1910 g/mol. The fourth-order valence-corrected chi connectivity index (χ4v) is 13.4. The molecular weight excluding hydrogens is 1770 g/mol. The number of hydrogen-bond donors (Lipinski definition) is 29. The van der Waals surface area contributed by atoms with Crippen LogP contribution in [0.25, 0.3) is 0 Å². The van der Waals surface area contributed by atoms with Crippen LogP contribution in [0.4, 0.5) is 0 Å². The van der Waals surface area contributed by atoms with E-state index in [0.29, 0.717) is 0 Å². The molecule has 1 aromatic rings. The number of carboxylic acid groups (broad SMARTS) is 3. The van der Waals surface area contributed by atoms with Gasteiger partial charge in [0.15, 0.2) is 5.96 Å². The van der Waals surface area contributed by atoms with Crippen LogP contribution in [-0.4, -0.2) is 284 Å². The number of thioether (sulfide) groups is 1. The Bertz CT molecular complexity index is 4110. The average Bonchev–Trinajstić information content (AvgIpc) is 1.81. The van der Waals surface area contributed by atoms with Gasteiger partial charge in [0.2, 0.25) is 112 Å². The number of aromatic amines is 1. The topological polar surface area (TPSA) is 903 Å². The van der Waals surface area contributed by atoms with Crippen LogP contribution in [0.1, 0.15) is 201 Å². The zero-order chi connectivity index (χ0) is 101. The normalized spacial score (nSPS) is 14.9. The number of amides is 19. The molecule has 0 spiro atoms. The highest BCUT2D eigenvalue weighted by Crippen LogP contribution is 2.18. The van der Waals surface area contributed by atoms with Gasteiger partial charge in [-0.25, -0.2) is 9.78 Å². The number of primary amides is 5. The predicted octanol–water partition coefficient (Wildman–Crippen LogP) is -9.16. The van der Waals surface area contributed by atoms with Crippen LogP contribution in [0.5, 0.6) is 0 Å². The standard InChI is InChI=1S/C80H137N27O25S/c1-8-40(5)63(77(129)100-48(20-24-57(85)109)70(122)104-55(36-60(88)112)75(127)103-53(34-42-37-91-38-93-42)76(128)107-64(41(6)9-2)78(130)101-51(79(131)132)21-25-58(86)110)106-72(124)45(16-11-13-30-82)95-66(118)46(17-14-31-92-80(89)90)97-73(125)52(33-39(3)4)102-67(119)44(15-10-12-29-81)96-74(126)54(35-59(87)111)105-71(123)50(28-32-133-7)99-68(120)47(19-23-56(84)108)98-69(121)49(22-27-62(115)116)94-65(117)43(83)18-26-61(113)114/h37-41,43-55,63-64H,8-36,81-83H2,1-7H3,(H2,84,108)(H2,85,109)(H2,86,110)(H2,87,111)(H2,88,112)(H,91,93)(H,94,117)(H,95,118)(H,96,126)(H,97,125)(H,98,121)(H,99,120)(H,100,129)(H,101,130)(H,102,119)(H,103,127)(H,104,122)(H,105,123)(H,106,124)(H,107,128)(H,113,114)(H,115,116)(H,131,132)(H4,89,90,92)/t40-,41-,43-,44-,45-,46-,47-,48-,49-,50-,51-,52-,53-,54-,55-,63-,64-/m0/s1. The second-order valence-corrected chi connectivity index (χ2v) is 33.4. The van der Waals surface area contributed by atoms with Crippen molar-refractivity contribution in [3.8, 4) is 0 Å². The lowest BCUT2D eigenvalue weighted by molar-refractivity contribution is -0.143. The summed E-state index contributed by atoms with van der Waals surface area (Å²) in [5.41, 5.74) is 50.6. The molecular formula is C80H137N27O25S. The van der Waals surface area contributed by atoms with Gasteiger partial charge in [-0.1, -0.05) is 54.4 Å². The quantitative estimate of drug-likeness (QED) is 0.0164. The molecule has 0 aliphatic rings. The van der Waals surface area contributed by atoms with Gasteiger partial charge in [0.25, 0.3) is 0 Å². The van der Waals surface area contributed by atoms with Gasteiger partial charge in [-0.3, -0.25) is 106 Å². The molecule has 133 heavy (non-hydrogen) atoms. The molecule has 0 saturated heterocycles. The number of guanidine groups is 1. The first kappa shape index (κ1) is 118. The van der Waals surface area contributed by atoms with E-state index in [2.05, 4.69) is 89.7 Å². The Kier molecular flexibility index (Phi) is 56.1. The number of rotatable bonds is 71. The maximum absolute atomic E-state index is 14.9. The molecule has 1 rings (SSSR count). The molecule has 53 heteroatoms. The zero-order valence-electron chi connectivity index (χ0n) is 75.9. The maximum atomic E-state index is 14.9. The van der Waals surface area contributed by atoms with Crippen molar-refractivity contribution in [3.63, 3.8) is 0 Å². The number of nitrogens with two attached hydrogens (primary N) is 9. The first-order chi connectivity index (χ1) is 62.5. The molecule has 17 atom stereocenters. The fraction of sp³-hybridized carbons (Fsp3) is 0.675. The Morgan fingerprint density at radius 1 is 0.383 bits per heavy atom. The summed E-state index contributed by atoms with van der Waals surface area (Å²) in [7, 11) is 0. The number of H-pyrrole nitrogens is 1. The molecule has 0 aliphatic carbocycles. The summed E-state index contributed by atoms with van der Waals surface area (Å²) in [6.07, 6.45) is -3.41. The van der Waals surface area contributed by atoms with E-state index < -0.39 is 328 Å². The first-order valence-electron chi connectivity index (χ1n) is 43.6. The minimum atomic E-state index is -1.97. The number of carboxylic acids is 3. The largest absolute Gasteiger partial charge is 0.481 e. The van der Waals surface area contributed by atoms with Crippen molar-refractivity contribution in [3.05, 3.63) is 18.2 Å². The van der Waals surface area contributed by atoms with Crippen molar-refractivity contribution < 1.29 is 121 Å². The fourth-order valence-electron chi connectivity index (χ4n) is 12.9. The van der Waals surface area contributed by atoms with Gasteiger partial charge in [-0.2, -0.15) is 11.8 Å². The third kappa shape index (κ3) is 48.2. The molecule has 0 aliphatic heterocycles. The lowest BCUT2D eigenvalue weighted by atomic mass is 9.96. The second kappa shape index (κ2) is 63.2. The molecule has 0 saturated carbocycles. The number of carbonyl (C=O) groups is 22. The highest BCUT2D eigenvalue weighted by Gasteiger charge is 2.41. The minimum absolute atomic E-state index is 0.0139. The number of unbranched alkanes of at least 4 members (excludes halogenated alkanes) is 2. The zero-order valence-corrected chi connectivity index (χ0v) is 76.7. The van der Waals surface area contributed by atoms with Crippen molar-refractivity contribution in [2.45, 2.75) is 293 Å². The van der Waals surface area contributed by atoms with Crippen molar-refractivity contribution in [2.24, 2.45) is 69.4 Å². The summed E-state index contributed by atoms with van der Waals surface area (Å²) in [6.45, 7) is 9.83. The summed E-state index contributed by atoms with van der Waals surface area (Å²) < 4.78 is 0. The number of carbonyl (C=O) groups excluding carboxylic acids is 19. The predicted molar refractivity (Wildman–Crippen MR) is 478 cm³/mol. The number of aliphatic carboxylic acids is 3. The van der Waals surface area contributed by atoms with Crippen LogP contribution in [0.2, 0.25) is 0 Å². The molecule has 0 radical (unpaired) electrons. The van der Waals surface area contributed by atoms with Crippen LogP contribution in [0, 0.1) is 23.2 Å². The van der Waals surface area contributed by atoms with Crippen LogP contribution in [0.3, 0.4) is 0 Å². The van der Waals surface area contributed by atoms with Crippen molar-refractivity contribution >= 4 is 148 Å². The number of imidazole rings is 1. The van der Waals surface area contributed by atoms with E-state index in [1.807, 2.05) is 0 Å². The molecule has 1 heterocycles. The van der Waals surface area contributed by atoms with Gasteiger partial charge in [-0.15, -0.1) is 0 Å². The Morgan fingerprint density at radius 3 is 1.05 bits per heavy atom.